The van der Waals surface area contributed by atoms with Crippen LogP contribution in [0.4, 0.5) is 0 Å². The Morgan fingerprint density at radius 2 is 1.83 bits per heavy atom. The number of rotatable bonds is 7. The van der Waals surface area contributed by atoms with Crippen molar-refractivity contribution in [2.24, 2.45) is 11.3 Å². The molecule has 0 spiro atoms. The van der Waals surface area contributed by atoms with Crippen molar-refractivity contribution in [3.8, 4) is 0 Å². The van der Waals surface area contributed by atoms with Gasteiger partial charge in [-0.15, -0.1) is 0 Å². The van der Waals surface area contributed by atoms with Crippen LogP contribution in [0.2, 0.25) is 0 Å². The molecule has 0 radical (unpaired) electrons. The van der Waals surface area contributed by atoms with E-state index >= 15 is 0 Å². The van der Waals surface area contributed by atoms with Gasteiger partial charge in [-0.05, 0) is 49.2 Å². The second-order valence-electron chi connectivity index (χ2n) is 7.80. The van der Waals surface area contributed by atoms with Crippen molar-refractivity contribution in [2.75, 3.05) is 13.6 Å². The lowest BCUT2D eigenvalue weighted by atomic mass is 9.76. The average Bonchev–Trinajstić information content (AvgIpc) is 3.44. The fraction of sp³-hybridized carbons (Fsp3) is 0.565. The number of allylic oxidation sites excluding steroid dienone is 2. The van der Waals surface area contributed by atoms with Gasteiger partial charge in [-0.3, -0.25) is 0 Å². The highest BCUT2D eigenvalue weighted by Gasteiger charge is 2.52. The Bertz CT molecular complexity index is 573. The summed E-state index contributed by atoms with van der Waals surface area (Å²) in [6.45, 7) is 7.77. The first-order valence-corrected chi connectivity index (χ1v) is 9.82. The maximum atomic E-state index is 4.57. The van der Waals surface area contributed by atoms with Gasteiger partial charge in [0.05, 0.1) is 0 Å². The van der Waals surface area contributed by atoms with Crippen LogP contribution in [0.3, 0.4) is 0 Å². The molecule has 2 aliphatic rings. The molecule has 1 nitrogen and oxygen atoms in total. The molecule has 0 bridgehead atoms. The van der Waals surface area contributed by atoms with E-state index in [0.717, 1.165) is 18.9 Å². The van der Waals surface area contributed by atoms with Crippen LogP contribution in [-0.2, 0) is 0 Å². The van der Waals surface area contributed by atoms with Gasteiger partial charge in [-0.25, -0.2) is 0 Å². The summed E-state index contributed by atoms with van der Waals surface area (Å²) in [4.78, 5) is 2.44. The van der Waals surface area contributed by atoms with E-state index in [-0.39, 0.29) is 0 Å². The Morgan fingerprint density at radius 3 is 2.42 bits per heavy atom. The highest BCUT2D eigenvalue weighted by Crippen LogP contribution is 2.61. The van der Waals surface area contributed by atoms with Crippen molar-refractivity contribution in [3.63, 3.8) is 0 Å². The molecule has 24 heavy (non-hydrogen) atoms. The number of benzene rings is 1. The summed E-state index contributed by atoms with van der Waals surface area (Å²) in [5, 5.41) is 0. The topological polar surface area (TPSA) is 3.24 Å². The highest BCUT2D eigenvalue weighted by molar-refractivity contribution is 5.67. The summed E-state index contributed by atoms with van der Waals surface area (Å²) in [6.07, 6.45) is 13.3. The zero-order chi connectivity index (χ0) is 17.0. The van der Waals surface area contributed by atoms with Gasteiger partial charge in [0.15, 0.2) is 0 Å². The summed E-state index contributed by atoms with van der Waals surface area (Å²) in [5.74, 6) is 0.886. The smallest absolute Gasteiger partial charge is 0.0426 e. The summed E-state index contributed by atoms with van der Waals surface area (Å²) in [5.41, 5.74) is 4.61. The monoisotopic (exact) mass is 323 g/mol. The van der Waals surface area contributed by atoms with E-state index in [1.807, 2.05) is 0 Å². The molecule has 2 fully saturated rings. The lowest BCUT2D eigenvalue weighted by Gasteiger charge is -2.36. The van der Waals surface area contributed by atoms with Gasteiger partial charge < -0.3 is 4.90 Å². The maximum absolute atomic E-state index is 4.57. The number of likely N-dealkylation sites (N-methyl/N-ethyl adjacent to an activating group) is 1. The predicted molar refractivity (Wildman–Crippen MR) is 105 cm³/mol. The molecule has 0 aliphatic heterocycles. The van der Waals surface area contributed by atoms with E-state index in [4.69, 9.17) is 0 Å². The first kappa shape index (κ1) is 17.3. The normalized spacial score (nSPS) is 20.7. The molecule has 0 saturated heterocycles. The molecule has 1 aromatic rings. The third-order valence-electron chi connectivity index (χ3n) is 6.21. The third kappa shape index (κ3) is 3.61. The van der Waals surface area contributed by atoms with E-state index in [9.17, 15) is 0 Å². The molecular formula is C23H33N. The first-order chi connectivity index (χ1) is 11.7. The second kappa shape index (κ2) is 7.59. The van der Waals surface area contributed by atoms with E-state index in [0.29, 0.717) is 5.41 Å². The van der Waals surface area contributed by atoms with E-state index in [1.54, 1.807) is 0 Å². The lowest BCUT2D eigenvalue weighted by molar-refractivity contribution is 0.222. The quantitative estimate of drug-likeness (QED) is 0.570. The summed E-state index contributed by atoms with van der Waals surface area (Å²) < 4.78 is 0. The first-order valence-electron chi connectivity index (χ1n) is 9.82. The molecule has 1 aromatic carbocycles. The van der Waals surface area contributed by atoms with E-state index in [1.165, 1.54) is 61.8 Å². The van der Waals surface area contributed by atoms with Gasteiger partial charge >= 0.3 is 0 Å². The lowest BCUT2D eigenvalue weighted by Crippen LogP contribution is -2.31. The van der Waals surface area contributed by atoms with Crippen molar-refractivity contribution in [1.82, 2.24) is 4.90 Å². The van der Waals surface area contributed by atoms with Crippen LogP contribution in [0.1, 0.15) is 63.9 Å². The molecule has 2 aliphatic carbocycles. The van der Waals surface area contributed by atoms with Crippen molar-refractivity contribution < 1.29 is 0 Å². The number of hydrogen-bond donors (Lipinski definition) is 0. The molecule has 0 unspecified atom stereocenters. The molecular weight excluding hydrogens is 290 g/mol. The molecule has 130 valence electrons. The van der Waals surface area contributed by atoms with E-state index < -0.39 is 0 Å². The molecule has 0 aromatic heterocycles. The molecule has 0 atom stereocenters. The van der Waals surface area contributed by atoms with Crippen LogP contribution in [0.25, 0.3) is 5.57 Å². The van der Waals surface area contributed by atoms with Gasteiger partial charge in [0.2, 0.25) is 0 Å². The second-order valence-corrected chi connectivity index (χ2v) is 7.80. The molecule has 0 N–H and O–H groups in total. The Balaban J connectivity index is 1.70. The molecule has 1 heteroatoms. The molecule has 0 heterocycles. The molecule has 2 saturated carbocycles. The Hall–Kier alpha value is -1.50. The molecule has 3 rings (SSSR count). The minimum Gasteiger partial charge on any atom is -0.374 e. The van der Waals surface area contributed by atoms with Gasteiger partial charge in [-0.2, -0.15) is 0 Å². The Morgan fingerprint density at radius 1 is 1.17 bits per heavy atom. The zero-order valence-corrected chi connectivity index (χ0v) is 15.6. The van der Waals surface area contributed by atoms with Crippen molar-refractivity contribution in [3.05, 3.63) is 54.2 Å². The maximum Gasteiger partial charge on any atom is 0.0426 e. The van der Waals surface area contributed by atoms with Gasteiger partial charge in [0.1, 0.15) is 0 Å². The van der Waals surface area contributed by atoms with Crippen molar-refractivity contribution >= 4 is 5.57 Å². The van der Waals surface area contributed by atoms with Crippen LogP contribution in [0, 0.1) is 11.3 Å². The number of nitrogens with zero attached hydrogens (tertiary/aromatic N) is 1. The van der Waals surface area contributed by atoms with Crippen LogP contribution in [0.15, 0.2) is 48.7 Å². The third-order valence-corrected chi connectivity index (χ3v) is 6.21. The minimum absolute atomic E-state index is 0.434. The molecule has 0 amide bonds. The van der Waals surface area contributed by atoms with E-state index in [2.05, 4.69) is 61.9 Å². The average molecular weight is 324 g/mol. The van der Waals surface area contributed by atoms with Crippen LogP contribution in [0.5, 0.6) is 0 Å². The number of hydrogen-bond acceptors (Lipinski definition) is 1. The zero-order valence-electron chi connectivity index (χ0n) is 15.6. The fourth-order valence-corrected chi connectivity index (χ4v) is 4.63. The standard InChI is InChI=1S/C23H33N/c1-4-11-21(20-12-7-5-8-13-20)18-24(3)19(2)23(16-17-23)22-14-9-6-10-15-22/h5,7-8,11-13,22H,2,4,6,9-10,14-18H2,1,3H3/b21-11+. The summed E-state index contributed by atoms with van der Waals surface area (Å²) in [7, 11) is 2.25. The highest BCUT2D eigenvalue weighted by atomic mass is 15.1. The van der Waals surface area contributed by atoms with Gasteiger partial charge in [0.25, 0.3) is 0 Å². The van der Waals surface area contributed by atoms with Gasteiger partial charge in [-0.1, -0.05) is 69.2 Å². The van der Waals surface area contributed by atoms with Crippen molar-refractivity contribution in [1.29, 1.82) is 0 Å². The van der Waals surface area contributed by atoms with Gasteiger partial charge in [0, 0.05) is 24.7 Å². The Labute approximate surface area is 148 Å². The Kier molecular flexibility index (Phi) is 5.48. The minimum atomic E-state index is 0.434. The van der Waals surface area contributed by atoms with Crippen LogP contribution < -0.4 is 0 Å². The van der Waals surface area contributed by atoms with Crippen LogP contribution >= 0.6 is 0 Å². The van der Waals surface area contributed by atoms with Crippen molar-refractivity contribution in [2.45, 2.75) is 58.3 Å². The largest absolute Gasteiger partial charge is 0.374 e. The predicted octanol–water partition coefficient (Wildman–Crippen LogP) is 6.29. The summed E-state index contributed by atoms with van der Waals surface area (Å²) in [6, 6.07) is 10.8. The summed E-state index contributed by atoms with van der Waals surface area (Å²) >= 11 is 0. The van der Waals surface area contributed by atoms with Crippen LogP contribution in [-0.4, -0.2) is 18.5 Å². The SMILES string of the molecule is C=C(N(C)C/C(=C\CC)c1ccccc1)C1(C2CCCCC2)CC1. The fourth-order valence-electron chi connectivity index (χ4n) is 4.63.